The Balaban J connectivity index is 5.18. The van der Waals surface area contributed by atoms with Crippen LogP contribution in [0.2, 0.25) is 0 Å². The summed E-state index contributed by atoms with van der Waals surface area (Å²) in [6, 6.07) is 0. The van der Waals surface area contributed by atoms with Crippen LogP contribution in [-0.2, 0) is 65.4 Å². The molecule has 7 atom stereocenters. The zero-order chi connectivity index (χ0) is 75.8. The first-order chi connectivity index (χ1) is 49.8. The van der Waals surface area contributed by atoms with Gasteiger partial charge in [-0.2, -0.15) is 0 Å². The predicted octanol–water partition coefficient (Wildman–Crippen LogP) is 25.3. The highest BCUT2D eigenvalue weighted by molar-refractivity contribution is 7.47. The Morgan fingerprint density at radius 2 is 0.495 bits per heavy atom. The van der Waals surface area contributed by atoms with Gasteiger partial charge in [0.1, 0.15) is 19.3 Å². The minimum absolute atomic E-state index is 0.103. The molecule has 0 spiro atoms. The van der Waals surface area contributed by atoms with Crippen LogP contribution in [0, 0.1) is 17.8 Å². The molecule has 0 bridgehead atoms. The fourth-order valence-electron chi connectivity index (χ4n) is 13.0. The lowest BCUT2D eigenvalue weighted by atomic mass is 9.99. The molecule has 3 N–H and O–H groups in total. The second-order valence-electron chi connectivity index (χ2n) is 31.2. The molecule has 612 valence electrons. The molecule has 0 fully saturated rings. The molecule has 17 nitrogen and oxygen atoms in total. The van der Waals surface area contributed by atoms with Crippen molar-refractivity contribution in [1.82, 2.24) is 0 Å². The fourth-order valence-corrected chi connectivity index (χ4v) is 14.5. The van der Waals surface area contributed by atoms with Crippen molar-refractivity contribution in [2.24, 2.45) is 17.8 Å². The smallest absolute Gasteiger partial charge is 0.462 e. The zero-order valence-electron chi connectivity index (χ0n) is 67.8. The Morgan fingerprint density at radius 3 is 0.738 bits per heavy atom. The minimum Gasteiger partial charge on any atom is -0.462 e. The van der Waals surface area contributed by atoms with Gasteiger partial charge < -0.3 is 33.8 Å². The molecule has 0 rings (SSSR count). The molecule has 0 amide bonds. The fraction of sp³-hybridized carbons (Fsp3) is 0.952. The quantitative estimate of drug-likeness (QED) is 0.0222. The van der Waals surface area contributed by atoms with Crippen molar-refractivity contribution in [3.63, 3.8) is 0 Å². The summed E-state index contributed by atoms with van der Waals surface area (Å²) in [6.45, 7) is 11.9. The molecule has 0 saturated heterocycles. The minimum atomic E-state index is -4.96. The predicted molar refractivity (Wildman–Crippen MR) is 423 cm³/mol. The molecular formula is C84H164O17P2. The first-order valence-electron chi connectivity index (χ1n) is 43.4. The molecule has 0 aliphatic rings. The van der Waals surface area contributed by atoms with E-state index in [-0.39, 0.29) is 25.7 Å². The number of ether oxygens (including phenoxy) is 4. The van der Waals surface area contributed by atoms with E-state index < -0.39 is 97.5 Å². The summed E-state index contributed by atoms with van der Waals surface area (Å²) in [5.41, 5.74) is 0. The van der Waals surface area contributed by atoms with E-state index in [1.165, 1.54) is 244 Å². The van der Waals surface area contributed by atoms with E-state index in [0.717, 1.165) is 108 Å². The molecule has 103 heavy (non-hydrogen) atoms. The molecule has 0 radical (unpaired) electrons. The number of carbonyl (C=O) groups is 4. The zero-order valence-corrected chi connectivity index (χ0v) is 69.6. The van der Waals surface area contributed by atoms with Crippen LogP contribution in [0.4, 0.5) is 0 Å². The summed E-state index contributed by atoms with van der Waals surface area (Å²) in [5.74, 6) is 0.183. The van der Waals surface area contributed by atoms with Gasteiger partial charge in [0.15, 0.2) is 12.2 Å². The molecule has 19 heteroatoms. The summed E-state index contributed by atoms with van der Waals surface area (Å²) in [6.07, 6.45) is 64.3. The first kappa shape index (κ1) is 101. The van der Waals surface area contributed by atoms with E-state index >= 15 is 0 Å². The third kappa shape index (κ3) is 75.3. The average Bonchev–Trinajstić information content (AvgIpc) is 0.913. The van der Waals surface area contributed by atoms with Crippen molar-refractivity contribution < 1.29 is 80.2 Å². The van der Waals surface area contributed by atoms with E-state index in [4.69, 9.17) is 37.0 Å². The first-order valence-corrected chi connectivity index (χ1v) is 46.4. The highest BCUT2D eigenvalue weighted by Gasteiger charge is 2.30. The Hall–Kier alpha value is -1.94. The second kappa shape index (κ2) is 74.2. The van der Waals surface area contributed by atoms with Crippen molar-refractivity contribution in [1.29, 1.82) is 0 Å². The van der Waals surface area contributed by atoms with Gasteiger partial charge in [-0.1, -0.05) is 389 Å². The van der Waals surface area contributed by atoms with Gasteiger partial charge >= 0.3 is 39.5 Å². The molecule has 0 aliphatic carbocycles. The average molecular weight is 1510 g/mol. The highest BCUT2D eigenvalue weighted by atomic mass is 31.2. The van der Waals surface area contributed by atoms with Crippen molar-refractivity contribution in [2.75, 3.05) is 39.6 Å². The van der Waals surface area contributed by atoms with Crippen molar-refractivity contribution in [3.05, 3.63) is 0 Å². The number of rotatable bonds is 82. The Morgan fingerprint density at radius 1 is 0.282 bits per heavy atom. The molecule has 0 aliphatic heterocycles. The van der Waals surface area contributed by atoms with Crippen molar-refractivity contribution >= 4 is 39.5 Å². The summed E-state index contributed by atoms with van der Waals surface area (Å²) < 4.78 is 68.7. The van der Waals surface area contributed by atoms with Gasteiger partial charge in [-0.25, -0.2) is 9.13 Å². The van der Waals surface area contributed by atoms with Crippen LogP contribution in [0.3, 0.4) is 0 Å². The van der Waals surface area contributed by atoms with Crippen LogP contribution < -0.4 is 0 Å². The van der Waals surface area contributed by atoms with E-state index in [0.29, 0.717) is 31.6 Å². The van der Waals surface area contributed by atoms with Crippen LogP contribution in [0.1, 0.15) is 440 Å². The normalized spacial score (nSPS) is 14.4. The number of unbranched alkanes of at least 4 members (excludes halogenated alkanes) is 48. The molecule has 0 heterocycles. The lowest BCUT2D eigenvalue weighted by molar-refractivity contribution is -0.161. The number of aliphatic hydroxyl groups excluding tert-OH is 1. The maximum absolute atomic E-state index is 13.1. The van der Waals surface area contributed by atoms with Gasteiger partial charge in [0.25, 0.3) is 0 Å². The van der Waals surface area contributed by atoms with Crippen molar-refractivity contribution in [2.45, 2.75) is 458 Å². The Labute approximate surface area is 632 Å². The second-order valence-corrected chi connectivity index (χ2v) is 34.1. The monoisotopic (exact) mass is 1510 g/mol. The topological polar surface area (TPSA) is 237 Å². The van der Waals surface area contributed by atoms with Crippen LogP contribution in [0.15, 0.2) is 0 Å². The SMILES string of the molecule is CCCCCCCCCCCCCCCCCCCCCCCC(=O)OC[C@H](COP(=O)(O)OC[C@@H](O)COP(=O)(O)OC[C@@H](COC(=O)CCCCCCCCC(C)CC)OC(=O)CCCCCCCCCC(C)C)OC(=O)CCCCCCCCCCCCCCCCCCCCC(C)CC. The number of carbonyl (C=O) groups excluding carboxylic acids is 4. The van der Waals surface area contributed by atoms with Crippen molar-refractivity contribution in [3.8, 4) is 0 Å². The van der Waals surface area contributed by atoms with E-state index in [2.05, 4.69) is 48.5 Å². The number of phosphoric acid groups is 2. The van der Waals surface area contributed by atoms with Gasteiger partial charge in [-0.05, 0) is 43.4 Å². The van der Waals surface area contributed by atoms with Crippen LogP contribution in [-0.4, -0.2) is 96.7 Å². The standard InChI is InChI=1S/C84H164O17P2/c1-8-11-12-13-14-15-16-17-18-19-20-21-22-26-29-32-35-38-43-51-58-65-81(86)94-71-79(100-83(88)67-60-53-44-39-36-33-30-27-24-23-25-28-31-34-37-42-49-56-63-76(6)9-2)73-98-102(90,91)96-69-78(85)70-97-103(92,93)99-74-80(101-84(89)68-61-54-45-40-41-48-55-62-75(4)5)72-95-82(87)66-59-52-47-46-50-57-64-77(7)10-3/h75-80,85H,8-74H2,1-7H3,(H,90,91)(H,92,93)/t76?,77?,78-,79-,80-/m1/s1. The van der Waals surface area contributed by atoms with Gasteiger partial charge in [-0.15, -0.1) is 0 Å². The van der Waals surface area contributed by atoms with E-state index in [9.17, 15) is 43.2 Å². The number of hydrogen-bond acceptors (Lipinski definition) is 15. The van der Waals surface area contributed by atoms with Gasteiger partial charge in [0.05, 0.1) is 26.4 Å². The third-order valence-electron chi connectivity index (χ3n) is 20.4. The maximum atomic E-state index is 13.1. The van der Waals surface area contributed by atoms with E-state index in [1.54, 1.807) is 0 Å². The molecule has 0 saturated carbocycles. The third-order valence-corrected chi connectivity index (χ3v) is 22.3. The largest absolute Gasteiger partial charge is 0.472 e. The summed E-state index contributed by atoms with van der Waals surface area (Å²) >= 11 is 0. The summed E-state index contributed by atoms with van der Waals surface area (Å²) in [4.78, 5) is 73.0. The maximum Gasteiger partial charge on any atom is 0.472 e. The number of esters is 4. The Bertz CT molecular complexity index is 2000. The molecule has 0 aromatic heterocycles. The molecule has 4 unspecified atom stereocenters. The lowest BCUT2D eigenvalue weighted by Crippen LogP contribution is -2.30. The Kier molecular flexibility index (Phi) is 72.8. The van der Waals surface area contributed by atoms with Crippen LogP contribution in [0.5, 0.6) is 0 Å². The van der Waals surface area contributed by atoms with Crippen LogP contribution in [0.25, 0.3) is 0 Å². The van der Waals surface area contributed by atoms with Gasteiger partial charge in [-0.3, -0.25) is 37.3 Å². The molecular weight excluding hydrogens is 1340 g/mol. The number of hydrogen-bond donors (Lipinski definition) is 3. The molecule has 0 aromatic carbocycles. The van der Waals surface area contributed by atoms with Gasteiger partial charge in [0.2, 0.25) is 0 Å². The number of phosphoric ester groups is 2. The number of aliphatic hydroxyl groups is 1. The van der Waals surface area contributed by atoms with E-state index in [1.807, 2.05) is 0 Å². The highest BCUT2D eigenvalue weighted by Crippen LogP contribution is 2.45. The van der Waals surface area contributed by atoms with Gasteiger partial charge in [0, 0.05) is 25.7 Å². The van der Waals surface area contributed by atoms with Crippen LogP contribution >= 0.6 is 15.6 Å². The molecule has 0 aromatic rings. The summed E-state index contributed by atoms with van der Waals surface area (Å²) in [5, 5.41) is 10.6. The lowest BCUT2D eigenvalue weighted by Gasteiger charge is -2.21. The summed E-state index contributed by atoms with van der Waals surface area (Å²) in [7, 11) is -9.92.